The van der Waals surface area contributed by atoms with Crippen molar-refractivity contribution in [1.29, 1.82) is 0 Å². The molecule has 6 nitrogen and oxygen atoms in total. The molecule has 30 heavy (non-hydrogen) atoms. The van der Waals surface area contributed by atoms with Crippen molar-refractivity contribution in [3.8, 4) is 5.75 Å². The molecular weight excluding hydrogens is 402 g/mol. The first-order valence-corrected chi connectivity index (χ1v) is 10.2. The van der Waals surface area contributed by atoms with Crippen LogP contribution in [0.3, 0.4) is 0 Å². The van der Waals surface area contributed by atoms with Crippen LogP contribution in [0.25, 0.3) is 0 Å². The van der Waals surface area contributed by atoms with Gasteiger partial charge in [0.2, 0.25) is 5.91 Å². The number of amides is 2. The SMILES string of the molecule is COc1ccc(C2=NN(C(=O)CN(C)C(=O)C(C)C)[C@@H](c3ccc(Cl)cc3)C2)cc1. The van der Waals surface area contributed by atoms with Gasteiger partial charge in [0.1, 0.15) is 12.3 Å². The average Bonchev–Trinajstić information content (AvgIpc) is 3.19. The van der Waals surface area contributed by atoms with Crippen molar-refractivity contribution in [1.82, 2.24) is 9.91 Å². The van der Waals surface area contributed by atoms with E-state index < -0.39 is 0 Å². The molecule has 0 fully saturated rings. The Balaban J connectivity index is 1.88. The molecule has 2 amide bonds. The third kappa shape index (κ3) is 4.82. The molecule has 1 heterocycles. The molecule has 0 saturated carbocycles. The normalized spacial score (nSPS) is 15.9. The van der Waals surface area contributed by atoms with Gasteiger partial charge >= 0.3 is 0 Å². The van der Waals surface area contributed by atoms with Crippen molar-refractivity contribution < 1.29 is 14.3 Å². The minimum Gasteiger partial charge on any atom is -0.497 e. The number of halogens is 1. The standard InChI is InChI=1S/C23H26ClN3O3/c1-15(2)23(29)26(3)14-22(28)27-21(17-5-9-18(24)10-6-17)13-20(25-27)16-7-11-19(30-4)12-8-16/h5-12,15,21H,13-14H2,1-4H3/t21-/m1/s1. The van der Waals surface area contributed by atoms with E-state index in [0.717, 1.165) is 22.6 Å². The van der Waals surface area contributed by atoms with Gasteiger partial charge in [-0.2, -0.15) is 5.10 Å². The molecule has 7 heteroatoms. The fourth-order valence-corrected chi connectivity index (χ4v) is 3.56. The summed E-state index contributed by atoms with van der Waals surface area (Å²) in [5.41, 5.74) is 2.68. The third-order valence-corrected chi connectivity index (χ3v) is 5.34. The molecule has 0 spiro atoms. The summed E-state index contributed by atoms with van der Waals surface area (Å²) in [4.78, 5) is 26.8. The number of nitrogens with zero attached hydrogens (tertiary/aromatic N) is 3. The number of rotatable bonds is 6. The number of hydrazone groups is 1. The number of benzene rings is 2. The molecular formula is C23H26ClN3O3. The van der Waals surface area contributed by atoms with Crippen LogP contribution in [-0.4, -0.2) is 48.1 Å². The van der Waals surface area contributed by atoms with E-state index in [1.54, 1.807) is 26.3 Å². The van der Waals surface area contributed by atoms with Gasteiger partial charge in [0, 0.05) is 24.4 Å². The molecule has 0 radical (unpaired) electrons. The smallest absolute Gasteiger partial charge is 0.262 e. The molecule has 1 aliphatic rings. The van der Waals surface area contributed by atoms with Gasteiger partial charge in [0.25, 0.3) is 5.91 Å². The average molecular weight is 428 g/mol. The maximum Gasteiger partial charge on any atom is 0.262 e. The Kier molecular flexibility index (Phi) is 6.77. The van der Waals surface area contributed by atoms with Gasteiger partial charge in [-0.15, -0.1) is 0 Å². The minimum absolute atomic E-state index is 0.0273. The Bertz CT molecular complexity index is 939. The van der Waals surface area contributed by atoms with Crippen LogP contribution in [0.4, 0.5) is 0 Å². The van der Waals surface area contributed by atoms with Crippen LogP contribution >= 0.6 is 11.6 Å². The highest BCUT2D eigenvalue weighted by atomic mass is 35.5. The van der Waals surface area contributed by atoms with E-state index in [1.807, 2.05) is 50.2 Å². The van der Waals surface area contributed by atoms with Crippen LogP contribution in [0.2, 0.25) is 5.02 Å². The lowest BCUT2D eigenvalue weighted by Crippen LogP contribution is -2.40. The van der Waals surface area contributed by atoms with E-state index in [4.69, 9.17) is 16.3 Å². The third-order valence-electron chi connectivity index (χ3n) is 5.09. The Morgan fingerprint density at radius 3 is 2.37 bits per heavy atom. The molecule has 2 aromatic carbocycles. The van der Waals surface area contributed by atoms with Crippen LogP contribution in [0, 0.1) is 5.92 Å². The van der Waals surface area contributed by atoms with E-state index in [2.05, 4.69) is 5.10 Å². The summed E-state index contributed by atoms with van der Waals surface area (Å²) < 4.78 is 5.22. The molecule has 0 unspecified atom stereocenters. The largest absolute Gasteiger partial charge is 0.497 e. The predicted molar refractivity (Wildman–Crippen MR) is 118 cm³/mol. The number of hydrogen-bond acceptors (Lipinski definition) is 4. The second-order valence-corrected chi connectivity index (χ2v) is 8.07. The first-order valence-electron chi connectivity index (χ1n) is 9.84. The van der Waals surface area contributed by atoms with Crippen molar-refractivity contribution in [2.24, 2.45) is 11.0 Å². The van der Waals surface area contributed by atoms with Gasteiger partial charge in [0.15, 0.2) is 0 Å². The van der Waals surface area contributed by atoms with E-state index >= 15 is 0 Å². The van der Waals surface area contributed by atoms with Crippen LogP contribution < -0.4 is 4.74 Å². The van der Waals surface area contributed by atoms with Crippen molar-refractivity contribution >= 4 is 29.1 Å². The molecule has 2 aromatic rings. The number of carbonyl (C=O) groups is 2. The van der Waals surface area contributed by atoms with Crippen molar-refractivity contribution in [3.63, 3.8) is 0 Å². The Hall–Kier alpha value is -2.86. The van der Waals surface area contributed by atoms with Gasteiger partial charge in [0.05, 0.1) is 18.9 Å². The summed E-state index contributed by atoms with van der Waals surface area (Å²) in [5, 5.41) is 6.77. The maximum absolute atomic E-state index is 13.1. The highest BCUT2D eigenvalue weighted by Crippen LogP contribution is 2.33. The number of methoxy groups -OCH3 is 1. The van der Waals surface area contributed by atoms with E-state index in [0.29, 0.717) is 11.4 Å². The molecule has 0 bridgehead atoms. The Morgan fingerprint density at radius 1 is 1.17 bits per heavy atom. The summed E-state index contributed by atoms with van der Waals surface area (Å²) in [7, 11) is 3.26. The first-order chi connectivity index (χ1) is 14.3. The lowest BCUT2D eigenvalue weighted by atomic mass is 9.98. The zero-order chi connectivity index (χ0) is 21.8. The topological polar surface area (TPSA) is 62.2 Å². The minimum atomic E-state index is -0.255. The number of carbonyl (C=O) groups excluding carboxylic acids is 2. The quantitative estimate of drug-likeness (QED) is 0.696. The maximum atomic E-state index is 13.1. The lowest BCUT2D eigenvalue weighted by molar-refractivity contribution is -0.142. The molecule has 1 aliphatic heterocycles. The van der Waals surface area contributed by atoms with Crippen LogP contribution in [-0.2, 0) is 9.59 Å². The molecule has 1 atom stereocenters. The Labute approximate surface area is 182 Å². The van der Waals surface area contributed by atoms with Gasteiger partial charge in [-0.1, -0.05) is 37.6 Å². The summed E-state index contributed by atoms with van der Waals surface area (Å²) in [5.74, 6) is 0.278. The predicted octanol–water partition coefficient (Wildman–Crippen LogP) is 4.14. The fraction of sp³-hybridized carbons (Fsp3) is 0.348. The van der Waals surface area contributed by atoms with Crippen LogP contribution in [0.15, 0.2) is 53.6 Å². The van der Waals surface area contributed by atoms with Gasteiger partial charge < -0.3 is 9.64 Å². The van der Waals surface area contributed by atoms with Crippen molar-refractivity contribution in [2.75, 3.05) is 20.7 Å². The van der Waals surface area contributed by atoms with E-state index in [-0.39, 0.29) is 30.3 Å². The van der Waals surface area contributed by atoms with Crippen molar-refractivity contribution in [3.05, 3.63) is 64.7 Å². The zero-order valence-electron chi connectivity index (χ0n) is 17.6. The van der Waals surface area contributed by atoms with Gasteiger partial charge in [-0.05, 0) is 47.5 Å². The molecule has 158 valence electrons. The number of likely N-dealkylation sites (N-methyl/N-ethyl adjacent to an activating group) is 1. The zero-order valence-corrected chi connectivity index (χ0v) is 18.4. The second kappa shape index (κ2) is 9.30. The Morgan fingerprint density at radius 2 is 1.80 bits per heavy atom. The lowest BCUT2D eigenvalue weighted by Gasteiger charge is -2.25. The summed E-state index contributed by atoms with van der Waals surface area (Å²) in [6.07, 6.45) is 0.571. The molecule has 3 rings (SSSR count). The molecule has 0 aromatic heterocycles. The van der Waals surface area contributed by atoms with Gasteiger partial charge in [-0.3, -0.25) is 9.59 Å². The monoisotopic (exact) mass is 427 g/mol. The van der Waals surface area contributed by atoms with E-state index in [9.17, 15) is 9.59 Å². The summed E-state index contributed by atoms with van der Waals surface area (Å²) in [6.45, 7) is 3.60. The summed E-state index contributed by atoms with van der Waals surface area (Å²) in [6, 6.07) is 14.8. The summed E-state index contributed by atoms with van der Waals surface area (Å²) >= 11 is 6.04. The highest BCUT2D eigenvalue weighted by Gasteiger charge is 2.34. The van der Waals surface area contributed by atoms with Crippen LogP contribution in [0.1, 0.15) is 37.4 Å². The number of ether oxygens (including phenoxy) is 1. The molecule has 0 N–H and O–H groups in total. The highest BCUT2D eigenvalue weighted by molar-refractivity contribution is 6.30. The van der Waals surface area contributed by atoms with E-state index in [1.165, 1.54) is 9.91 Å². The van der Waals surface area contributed by atoms with Crippen molar-refractivity contribution in [2.45, 2.75) is 26.3 Å². The van der Waals surface area contributed by atoms with Gasteiger partial charge in [-0.25, -0.2) is 5.01 Å². The van der Waals surface area contributed by atoms with Crippen LogP contribution in [0.5, 0.6) is 5.75 Å². The first kappa shape index (κ1) is 21.8. The molecule has 0 aliphatic carbocycles. The number of hydrogen-bond donors (Lipinski definition) is 0. The fourth-order valence-electron chi connectivity index (χ4n) is 3.44. The molecule has 0 saturated heterocycles. The second-order valence-electron chi connectivity index (χ2n) is 7.63.